The molecule has 2 heterocycles. The summed E-state index contributed by atoms with van der Waals surface area (Å²) in [4.78, 5) is 14.4. The fourth-order valence-electron chi connectivity index (χ4n) is 2.35. The highest BCUT2D eigenvalue weighted by atomic mass is 32.2. The second-order valence-corrected chi connectivity index (χ2v) is 6.63. The SMILES string of the molecule is C[C@@H](CNC(=O)[C@@H](C)N1CCSCC1)Cn1cccn1. The third-order valence-electron chi connectivity index (χ3n) is 3.66. The highest BCUT2D eigenvalue weighted by molar-refractivity contribution is 7.99. The second kappa shape index (κ2) is 7.69. The fourth-order valence-corrected chi connectivity index (χ4v) is 3.28. The lowest BCUT2D eigenvalue weighted by atomic mass is 10.1. The van der Waals surface area contributed by atoms with E-state index in [1.807, 2.05) is 35.6 Å². The number of carbonyl (C=O) groups excluding carboxylic acids is 1. The van der Waals surface area contributed by atoms with Crippen LogP contribution in [0.5, 0.6) is 0 Å². The van der Waals surface area contributed by atoms with Crippen molar-refractivity contribution in [2.24, 2.45) is 5.92 Å². The van der Waals surface area contributed by atoms with Crippen molar-refractivity contribution in [2.45, 2.75) is 26.4 Å². The van der Waals surface area contributed by atoms with E-state index < -0.39 is 0 Å². The second-order valence-electron chi connectivity index (χ2n) is 5.40. The van der Waals surface area contributed by atoms with Gasteiger partial charge in [-0.1, -0.05) is 6.92 Å². The standard InChI is InChI=1S/C14H24N4OS/c1-12(11-18-5-3-4-16-18)10-15-14(19)13(2)17-6-8-20-9-7-17/h3-5,12-13H,6-11H2,1-2H3,(H,15,19)/t12-,13+/m0/s1. The van der Waals surface area contributed by atoms with E-state index in [4.69, 9.17) is 0 Å². The molecular weight excluding hydrogens is 272 g/mol. The van der Waals surface area contributed by atoms with Gasteiger partial charge in [0.25, 0.3) is 0 Å². The Labute approximate surface area is 125 Å². The topological polar surface area (TPSA) is 50.2 Å². The summed E-state index contributed by atoms with van der Waals surface area (Å²) in [5, 5.41) is 7.25. The first-order chi connectivity index (χ1) is 9.66. The summed E-state index contributed by atoms with van der Waals surface area (Å²) in [6.07, 6.45) is 3.73. The Kier molecular flexibility index (Phi) is 5.91. The quantitative estimate of drug-likeness (QED) is 0.853. The Bertz CT molecular complexity index is 403. The summed E-state index contributed by atoms with van der Waals surface area (Å²) in [5.74, 6) is 2.79. The molecule has 6 heteroatoms. The van der Waals surface area contributed by atoms with Gasteiger partial charge in [0.15, 0.2) is 0 Å². The zero-order chi connectivity index (χ0) is 14.4. The Hall–Kier alpha value is -1.01. The lowest BCUT2D eigenvalue weighted by Crippen LogP contribution is -2.49. The molecule has 2 atom stereocenters. The molecule has 0 unspecified atom stereocenters. The van der Waals surface area contributed by atoms with Gasteiger partial charge in [-0.15, -0.1) is 0 Å². The molecular formula is C14H24N4OS. The molecule has 1 aromatic heterocycles. The van der Waals surface area contributed by atoms with Crippen LogP contribution in [0.3, 0.4) is 0 Å². The molecule has 0 saturated carbocycles. The summed E-state index contributed by atoms with van der Waals surface area (Å²) >= 11 is 1.97. The molecule has 20 heavy (non-hydrogen) atoms. The van der Waals surface area contributed by atoms with Crippen LogP contribution in [-0.4, -0.2) is 57.8 Å². The first kappa shape index (κ1) is 15.4. The number of thioether (sulfide) groups is 1. The van der Waals surface area contributed by atoms with Crippen LogP contribution in [0.1, 0.15) is 13.8 Å². The highest BCUT2D eigenvalue weighted by Crippen LogP contribution is 2.12. The molecule has 0 bridgehead atoms. The highest BCUT2D eigenvalue weighted by Gasteiger charge is 2.22. The maximum atomic E-state index is 12.2. The van der Waals surface area contributed by atoms with E-state index in [1.165, 1.54) is 0 Å². The van der Waals surface area contributed by atoms with Crippen molar-refractivity contribution < 1.29 is 4.79 Å². The zero-order valence-corrected chi connectivity index (χ0v) is 13.1. The molecule has 1 amide bonds. The molecule has 1 aliphatic rings. The lowest BCUT2D eigenvalue weighted by Gasteiger charge is -2.31. The normalized spacial score (nSPS) is 19.5. The Morgan fingerprint density at radius 2 is 2.15 bits per heavy atom. The van der Waals surface area contributed by atoms with E-state index in [1.54, 1.807) is 6.20 Å². The average Bonchev–Trinajstić information content (AvgIpc) is 2.97. The Balaban J connectivity index is 1.70. The van der Waals surface area contributed by atoms with Crippen molar-refractivity contribution >= 4 is 17.7 Å². The van der Waals surface area contributed by atoms with Crippen molar-refractivity contribution in [3.8, 4) is 0 Å². The van der Waals surface area contributed by atoms with Crippen molar-refractivity contribution in [3.63, 3.8) is 0 Å². The van der Waals surface area contributed by atoms with E-state index in [-0.39, 0.29) is 11.9 Å². The molecule has 1 saturated heterocycles. The summed E-state index contributed by atoms with van der Waals surface area (Å²) in [5.41, 5.74) is 0. The molecule has 1 aliphatic heterocycles. The van der Waals surface area contributed by atoms with E-state index in [0.717, 1.165) is 31.1 Å². The predicted octanol–water partition coefficient (Wildman–Crippen LogP) is 1.07. The van der Waals surface area contributed by atoms with Gasteiger partial charge in [-0.3, -0.25) is 14.4 Å². The monoisotopic (exact) mass is 296 g/mol. The van der Waals surface area contributed by atoms with Crippen LogP contribution < -0.4 is 5.32 Å². The fraction of sp³-hybridized carbons (Fsp3) is 0.714. The van der Waals surface area contributed by atoms with E-state index in [2.05, 4.69) is 22.2 Å². The van der Waals surface area contributed by atoms with Crippen molar-refractivity contribution in [3.05, 3.63) is 18.5 Å². The number of carbonyl (C=O) groups is 1. The van der Waals surface area contributed by atoms with Crippen LogP contribution in [0.15, 0.2) is 18.5 Å². The van der Waals surface area contributed by atoms with Crippen LogP contribution in [0.4, 0.5) is 0 Å². The van der Waals surface area contributed by atoms with Gasteiger partial charge >= 0.3 is 0 Å². The molecule has 0 spiro atoms. The lowest BCUT2D eigenvalue weighted by molar-refractivity contribution is -0.125. The van der Waals surface area contributed by atoms with Gasteiger partial charge in [0.1, 0.15) is 0 Å². The maximum absolute atomic E-state index is 12.2. The van der Waals surface area contributed by atoms with Crippen LogP contribution in [0, 0.1) is 5.92 Å². The first-order valence-corrected chi connectivity index (χ1v) is 8.39. The zero-order valence-electron chi connectivity index (χ0n) is 12.3. The van der Waals surface area contributed by atoms with Crippen LogP contribution in [0.2, 0.25) is 0 Å². The maximum Gasteiger partial charge on any atom is 0.237 e. The third kappa shape index (κ3) is 4.52. The smallest absolute Gasteiger partial charge is 0.237 e. The molecule has 1 fully saturated rings. The Morgan fingerprint density at radius 3 is 2.80 bits per heavy atom. The predicted molar refractivity (Wildman–Crippen MR) is 82.8 cm³/mol. The summed E-state index contributed by atoms with van der Waals surface area (Å²) in [6.45, 7) is 7.70. The summed E-state index contributed by atoms with van der Waals surface area (Å²) in [6, 6.07) is 1.90. The molecule has 0 radical (unpaired) electrons. The van der Waals surface area contributed by atoms with Gasteiger partial charge in [-0.05, 0) is 18.9 Å². The number of rotatable bonds is 6. The minimum absolute atomic E-state index is 0.0206. The van der Waals surface area contributed by atoms with Crippen molar-refractivity contribution in [1.82, 2.24) is 20.0 Å². The number of amides is 1. The third-order valence-corrected chi connectivity index (χ3v) is 4.60. The van der Waals surface area contributed by atoms with E-state index in [9.17, 15) is 4.79 Å². The summed E-state index contributed by atoms with van der Waals surface area (Å²) in [7, 11) is 0. The molecule has 0 aliphatic carbocycles. The van der Waals surface area contributed by atoms with Gasteiger partial charge in [-0.25, -0.2) is 0 Å². The van der Waals surface area contributed by atoms with Gasteiger partial charge in [0, 0.05) is 50.1 Å². The van der Waals surface area contributed by atoms with Crippen molar-refractivity contribution in [1.29, 1.82) is 0 Å². The van der Waals surface area contributed by atoms with Crippen LogP contribution in [0.25, 0.3) is 0 Å². The summed E-state index contributed by atoms with van der Waals surface area (Å²) < 4.78 is 1.90. The molecule has 0 aromatic carbocycles. The Morgan fingerprint density at radius 1 is 1.40 bits per heavy atom. The number of nitrogens with zero attached hydrogens (tertiary/aromatic N) is 3. The van der Waals surface area contributed by atoms with Gasteiger partial charge in [0.2, 0.25) is 5.91 Å². The van der Waals surface area contributed by atoms with Crippen molar-refractivity contribution in [2.75, 3.05) is 31.1 Å². The molecule has 1 N–H and O–H groups in total. The van der Waals surface area contributed by atoms with Gasteiger partial charge < -0.3 is 5.32 Å². The van der Waals surface area contributed by atoms with E-state index in [0.29, 0.717) is 12.5 Å². The average molecular weight is 296 g/mol. The number of hydrogen-bond acceptors (Lipinski definition) is 4. The molecule has 1 aromatic rings. The van der Waals surface area contributed by atoms with Crippen LogP contribution >= 0.6 is 11.8 Å². The van der Waals surface area contributed by atoms with Crippen LogP contribution in [-0.2, 0) is 11.3 Å². The number of nitrogens with one attached hydrogen (secondary N) is 1. The minimum atomic E-state index is -0.0206. The van der Waals surface area contributed by atoms with Gasteiger partial charge in [-0.2, -0.15) is 16.9 Å². The molecule has 112 valence electrons. The first-order valence-electron chi connectivity index (χ1n) is 7.23. The largest absolute Gasteiger partial charge is 0.354 e. The van der Waals surface area contributed by atoms with Gasteiger partial charge in [0.05, 0.1) is 6.04 Å². The molecule has 5 nitrogen and oxygen atoms in total. The minimum Gasteiger partial charge on any atom is -0.354 e. The molecule has 2 rings (SSSR count). The number of hydrogen-bond donors (Lipinski definition) is 1. The number of aromatic nitrogens is 2. The van der Waals surface area contributed by atoms with E-state index >= 15 is 0 Å².